The second kappa shape index (κ2) is 9.56. The molecule has 0 radical (unpaired) electrons. The fourth-order valence-electron chi connectivity index (χ4n) is 3.24. The van der Waals surface area contributed by atoms with E-state index in [4.69, 9.17) is 13.9 Å². The van der Waals surface area contributed by atoms with Crippen LogP contribution in [0.1, 0.15) is 11.7 Å². The van der Waals surface area contributed by atoms with Crippen LogP contribution in [0.5, 0.6) is 0 Å². The molecule has 1 aromatic heterocycles. The number of benzene rings is 2. The van der Waals surface area contributed by atoms with Gasteiger partial charge in [0.15, 0.2) is 0 Å². The lowest BCUT2D eigenvalue weighted by Gasteiger charge is -2.30. The number of esters is 1. The molecule has 2 aromatic carbocycles. The van der Waals surface area contributed by atoms with Crippen LogP contribution < -0.4 is 5.76 Å². The van der Waals surface area contributed by atoms with Crippen molar-refractivity contribution in [3.05, 3.63) is 76.5 Å². The summed E-state index contributed by atoms with van der Waals surface area (Å²) >= 11 is 0. The smallest absolute Gasteiger partial charge is 0.437 e. The quantitative estimate of drug-likeness (QED) is 0.537. The number of nitrogens with zero attached hydrogens (tertiary/aromatic N) is 3. The van der Waals surface area contributed by atoms with Gasteiger partial charge in [-0.3, -0.25) is 9.59 Å². The Bertz CT molecular complexity index is 1140. The van der Waals surface area contributed by atoms with Gasteiger partial charge < -0.3 is 18.8 Å². The number of hydrogen-bond donors (Lipinski definition) is 0. The molecule has 2 heterocycles. The van der Waals surface area contributed by atoms with Crippen LogP contribution in [-0.2, 0) is 25.6 Å². The second-order valence-electron chi connectivity index (χ2n) is 7.06. The molecule has 10 heteroatoms. The van der Waals surface area contributed by atoms with Crippen molar-refractivity contribution >= 4 is 11.9 Å². The van der Waals surface area contributed by atoms with Crippen molar-refractivity contribution in [2.24, 2.45) is 0 Å². The highest BCUT2D eigenvalue weighted by Gasteiger charge is 2.31. The average Bonchev–Trinajstić information content (AvgIpc) is 3.18. The number of carbonyl (C=O) groups is 2. The highest BCUT2D eigenvalue weighted by atomic mass is 19.1. The summed E-state index contributed by atoms with van der Waals surface area (Å²) in [7, 11) is 0. The van der Waals surface area contributed by atoms with Crippen molar-refractivity contribution in [1.29, 1.82) is 0 Å². The number of morpholine rings is 1. The third kappa shape index (κ3) is 4.92. The van der Waals surface area contributed by atoms with E-state index in [2.05, 4.69) is 5.10 Å². The summed E-state index contributed by atoms with van der Waals surface area (Å²) in [6.07, 6.45) is -1.17. The van der Waals surface area contributed by atoms with Crippen LogP contribution in [0.4, 0.5) is 4.39 Å². The maximum Gasteiger partial charge on any atom is 0.437 e. The average molecular weight is 441 g/mol. The van der Waals surface area contributed by atoms with E-state index >= 15 is 0 Å². The van der Waals surface area contributed by atoms with Crippen molar-refractivity contribution in [3.63, 3.8) is 0 Å². The molecule has 3 aromatic rings. The molecule has 32 heavy (non-hydrogen) atoms. The summed E-state index contributed by atoms with van der Waals surface area (Å²) in [4.78, 5) is 39.3. The van der Waals surface area contributed by atoms with E-state index in [0.29, 0.717) is 37.4 Å². The molecule has 4 rings (SSSR count). The first-order chi connectivity index (χ1) is 15.5. The van der Waals surface area contributed by atoms with Crippen molar-refractivity contribution < 1.29 is 27.9 Å². The molecule has 1 amide bonds. The van der Waals surface area contributed by atoms with Gasteiger partial charge in [0, 0.05) is 24.2 Å². The lowest BCUT2D eigenvalue weighted by Crippen LogP contribution is -2.44. The summed E-state index contributed by atoms with van der Waals surface area (Å²) in [6.45, 7) is 1.04. The minimum absolute atomic E-state index is 0.0631. The molecule has 0 spiro atoms. The van der Waals surface area contributed by atoms with Crippen LogP contribution in [0.3, 0.4) is 0 Å². The third-order valence-electron chi connectivity index (χ3n) is 4.87. The van der Waals surface area contributed by atoms with Crippen LogP contribution in [0.25, 0.3) is 11.5 Å². The van der Waals surface area contributed by atoms with E-state index in [1.807, 2.05) is 0 Å². The molecular formula is C22H20FN3O6. The van der Waals surface area contributed by atoms with Gasteiger partial charge in [0.2, 0.25) is 12.0 Å². The zero-order valence-electron chi connectivity index (χ0n) is 17.0. The largest absolute Gasteiger partial charge is 0.446 e. The molecule has 1 fully saturated rings. The van der Waals surface area contributed by atoms with Crippen molar-refractivity contribution in [1.82, 2.24) is 14.7 Å². The van der Waals surface area contributed by atoms with Gasteiger partial charge in [-0.2, -0.15) is 4.68 Å². The summed E-state index contributed by atoms with van der Waals surface area (Å²) < 4.78 is 29.7. The highest BCUT2D eigenvalue weighted by molar-refractivity contribution is 5.85. The van der Waals surface area contributed by atoms with E-state index in [1.165, 1.54) is 24.3 Å². The van der Waals surface area contributed by atoms with E-state index in [0.717, 1.165) is 4.68 Å². The standard InChI is InChI=1S/C22H20FN3O6/c23-17-8-6-16(7-9-17)20-24-26(22(29)32-20)14-18(27)31-19(15-4-2-1-3-5-15)21(28)25-10-12-30-13-11-25/h1-9,19H,10-14H2. The molecule has 1 saturated heterocycles. The monoisotopic (exact) mass is 441 g/mol. The third-order valence-corrected chi connectivity index (χ3v) is 4.87. The molecule has 1 unspecified atom stereocenters. The van der Waals surface area contributed by atoms with Crippen LogP contribution in [0.2, 0.25) is 0 Å². The maximum atomic E-state index is 13.1. The Morgan fingerprint density at radius 2 is 1.75 bits per heavy atom. The Morgan fingerprint density at radius 1 is 1.06 bits per heavy atom. The van der Waals surface area contributed by atoms with Crippen molar-refractivity contribution in [3.8, 4) is 11.5 Å². The molecule has 9 nitrogen and oxygen atoms in total. The molecule has 0 bridgehead atoms. The normalized spacial score (nSPS) is 14.7. The predicted molar refractivity (Wildman–Crippen MR) is 109 cm³/mol. The molecule has 1 atom stereocenters. The zero-order chi connectivity index (χ0) is 22.5. The molecule has 166 valence electrons. The zero-order valence-corrected chi connectivity index (χ0v) is 17.0. The fraction of sp³-hybridized carbons (Fsp3) is 0.273. The topological polar surface area (TPSA) is 104 Å². The molecule has 1 aliphatic rings. The Kier molecular flexibility index (Phi) is 6.41. The summed E-state index contributed by atoms with van der Waals surface area (Å²) in [5, 5.41) is 3.97. The Balaban J connectivity index is 1.50. The molecule has 0 saturated carbocycles. The van der Waals surface area contributed by atoms with E-state index in [9.17, 15) is 18.8 Å². The van der Waals surface area contributed by atoms with E-state index in [-0.39, 0.29) is 11.8 Å². The van der Waals surface area contributed by atoms with Gasteiger partial charge in [-0.1, -0.05) is 30.3 Å². The first-order valence-electron chi connectivity index (χ1n) is 9.96. The highest BCUT2D eigenvalue weighted by Crippen LogP contribution is 2.22. The van der Waals surface area contributed by atoms with Crippen LogP contribution in [-0.4, -0.2) is 52.9 Å². The van der Waals surface area contributed by atoms with Gasteiger partial charge in [-0.15, -0.1) is 5.10 Å². The molecule has 0 aliphatic carbocycles. The Labute approximate surface area is 182 Å². The first-order valence-corrected chi connectivity index (χ1v) is 9.96. The van der Waals surface area contributed by atoms with Gasteiger partial charge in [0.25, 0.3) is 5.91 Å². The lowest BCUT2D eigenvalue weighted by atomic mass is 10.1. The molecule has 1 aliphatic heterocycles. The van der Waals surface area contributed by atoms with Gasteiger partial charge in [-0.25, -0.2) is 9.18 Å². The number of ether oxygens (including phenoxy) is 2. The Hall–Kier alpha value is -3.79. The van der Waals surface area contributed by atoms with Gasteiger partial charge in [0.1, 0.15) is 12.4 Å². The molecular weight excluding hydrogens is 421 g/mol. The minimum Gasteiger partial charge on any atom is -0.446 e. The summed E-state index contributed by atoms with van der Waals surface area (Å²) in [6, 6.07) is 13.8. The lowest BCUT2D eigenvalue weighted by molar-refractivity contribution is -0.163. The maximum absolute atomic E-state index is 13.1. The van der Waals surface area contributed by atoms with Crippen LogP contribution in [0.15, 0.2) is 63.8 Å². The predicted octanol–water partition coefficient (Wildman–Crippen LogP) is 1.79. The summed E-state index contributed by atoms with van der Waals surface area (Å²) in [5.74, 6) is -2.59. The van der Waals surface area contributed by atoms with Gasteiger partial charge >= 0.3 is 11.7 Å². The number of rotatable bonds is 6. The fourth-order valence-corrected chi connectivity index (χ4v) is 3.24. The van der Waals surface area contributed by atoms with E-state index in [1.54, 1.807) is 35.2 Å². The first kappa shape index (κ1) is 21.4. The van der Waals surface area contributed by atoms with Gasteiger partial charge in [0.05, 0.1) is 13.2 Å². The van der Waals surface area contributed by atoms with Gasteiger partial charge in [-0.05, 0) is 24.3 Å². The van der Waals surface area contributed by atoms with Crippen LogP contribution >= 0.6 is 0 Å². The number of aromatic nitrogens is 2. The molecule has 0 N–H and O–H groups in total. The second-order valence-corrected chi connectivity index (χ2v) is 7.06. The number of hydrogen-bond acceptors (Lipinski definition) is 7. The van der Waals surface area contributed by atoms with E-state index < -0.39 is 30.2 Å². The Morgan fingerprint density at radius 3 is 2.44 bits per heavy atom. The SMILES string of the molecule is O=C(Cn1nc(-c2ccc(F)cc2)oc1=O)OC(C(=O)N1CCOCC1)c1ccccc1. The minimum atomic E-state index is -1.17. The van der Waals surface area contributed by atoms with Crippen molar-refractivity contribution in [2.45, 2.75) is 12.6 Å². The number of amides is 1. The van der Waals surface area contributed by atoms with Crippen molar-refractivity contribution in [2.75, 3.05) is 26.3 Å². The number of carbonyl (C=O) groups excluding carboxylic acids is 2. The van der Waals surface area contributed by atoms with Crippen LogP contribution in [0, 0.1) is 5.82 Å². The summed E-state index contributed by atoms with van der Waals surface area (Å²) in [5.41, 5.74) is 0.886. The number of halogens is 1.